The van der Waals surface area contributed by atoms with Gasteiger partial charge in [0, 0.05) is 12.8 Å². The second kappa shape index (κ2) is 3.48. The molecule has 2 saturated heterocycles. The molecule has 0 saturated carbocycles. The second-order valence-corrected chi connectivity index (χ2v) is 8.29. The molecule has 0 aliphatic carbocycles. The van der Waals surface area contributed by atoms with E-state index >= 15 is 0 Å². The summed E-state index contributed by atoms with van der Waals surface area (Å²) in [7, 11) is 2.34. The van der Waals surface area contributed by atoms with Crippen molar-refractivity contribution < 1.29 is 9.64 Å². The summed E-state index contributed by atoms with van der Waals surface area (Å²) in [6, 6.07) is 0. The number of hydrogen-bond acceptors (Lipinski definition) is 1. The number of likely N-dealkylation sites (tertiary alicyclic amines) is 1. The predicted molar refractivity (Wildman–Crippen MR) is 71.4 cm³/mol. The molecule has 0 aromatic carbocycles. The highest BCUT2D eigenvalue weighted by Gasteiger charge is 2.58. The van der Waals surface area contributed by atoms with Crippen molar-refractivity contribution in [3.05, 3.63) is 0 Å². The lowest BCUT2D eigenvalue weighted by molar-refractivity contribution is -0.985. The van der Waals surface area contributed by atoms with Gasteiger partial charge in [-0.05, 0) is 54.4 Å². The quantitative estimate of drug-likeness (QED) is 0.685. The predicted octanol–water partition coefficient (Wildman–Crippen LogP) is 2.18. The smallest absolute Gasteiger partial charge is 0.0949 e. The van der Waals surface area contributed by atoms with Crippen molar-refractivity contribution in [3.63, 3.8) is 0 Å². The van der Waals surface area contributed by atoms with Crippen LogP contribution in [-0.2, 0) is 4.74 Å². The molecule has 0 aromatic heterocycles. The minimum atomic E-state index is 0.0808. The van der Waals surface area contributed by atoms with Crippen molar-refractivity contribution in [2.75, 3.05) is 7.05 Å². The van der Waals surface area contributed by atoms with Crippen molar-refractivity contribution in [2.24, 2.45) is 0 Å². The first-order valence-corrected chi connectivity index (χ1v) is 7.03. The van der Waals surface area contributed by atoms with Gasteiger partial charge in [0.05, 0.1) is 29.3 Å². The van der Waals surface area contributed by atoms with Crippen LogP contribution in [0.1, 0.15) is 67.2 Å². The summed E-state index contributed by atoms with van der Waals surface area (Å²) in [6.07, 6.45) is 4.83. The molecule has 2 aliphatic rings. The van der Waals surface area contributed by atoms with Gasteiger partial charge in [-0.15, -0.1) is 0 Å². The van der Waals surface area contributed by atoms with E-state index in [9.17, 15) is 0 Å². The maximum absolute atomic E-state index is 6.48. The standard InChI is InChI=1S/C15H29NO/c1-12(2)10-15(9-8-14(5,6)17-15)11-13(3,4)16(12)7/h8-11H2,1-7H3/p+1. The molecule has 1 spiro atoms. The number of rotatable bonds is 0. The Balaban J connectivity index is 2.28. The van der Waals surface area contributed by atoms with Crippen LogP contribution in [0.3, 0.4) is 0 Å². The monoisotopic (exact) mass is 240 g/mol. The first-order chi connectivity index (χ1) is 7.48. The van der Waals surface area contributed by atoms with E-state index in [-0.39, 0.29) is 11.2 Å². The Kier molecular flexibility index (Phi) is 2.73. The van der Waals surface area contributed by atoms with Crippen LogP contribution in [0.25, 0.3) is 0 Å². The van der Waals surface area contributed by atoms with Gasteiger partial charge >= 0.3 is 0 Å². The molecular formula is C15H30NO+. The molecule has 0 bridgehead atoms. The van der Waals surface area contributed by atoms with Gasteiger partial charge in [-0.3, -0.25) is 0 Å². The normalized spacial score (nSPS) is 34.1. The molecule has 0 radical (unpaired) electrons. The molecule has 0 unspecified atom stereocenters. The SMILES string of the molecule is C[NH+]1C(C)(C)CC2(CCC(C)(C)O2)CC1(C)C. The largest absolute Gasteiger partial charge is 0.369 e. The number of ether oxygens (including phenoxy) is 1. The van der Waals surface area contributed by atoms with Crippen molar-refractivity contribution in [1.29, 1.82) is 0 Å². The van der Waals surface area contributed by atoms with Gasteiger partial charge in [0.2, 0.25) is 0 Å². The van der Waals surface area contributed by atoms with E-state index in [2.05, 4.69) is 48.6 Å². The molecule has 0 amide bonds. The van der Waals surface area contributed by atoms with Crippen LogP contribution in [0.2, 0.25) is 0 Å². The third-order valence-corrected chi connectivity index (χ3v) is 5.23. The van der Waals surface area contributed by atoms with Crippen LogP contribution in [0.5, 0.6) is 0 Å². The lowest BCUT2D eigenvalue weighted by atomic mass is 9.70. The van der Waals surface area contributed by atoms with E-state index in [1.165, 1.54) is 25.7 Å². The van der Waals surface area contributed by atoms with Gasteiger partial charge in [0.25, 0.3) is 0 Å². The Morgan fingerprint density at radius 2 is 1.29 bits per heavy atom. The Morgan fingerprint density at radius 1 is 0.824 bits per heavy atom. The average molecular weight is 240 g/mol. The molecule has 2 aliphatic heterocycles. The van der Waals surface area contributed by atoms with E-state index in [4.69, 9.17) is 4.74 Å². The fourth-order valence-electron chi connectivity index (χ4n) is 4.32. The zero-order chi connectivity index (χ0) is 13.1. The maximum atomic E-state index is 6.48. The summed E-state index contributed by atoms with van der Waals surface area (Å²) >= 11 is 0. The summed E-state index contributed by atoms with van der Waals surface area (Å²) in [6.45, 7) is 14.0. The topological polar surface area (TPSA) is 13.7 Å². The number of nitrogens with one attached hydrogen (secondary N) is 1. The highest BCUT2D eigenvalue weighted by atomic mass is 16.5. The summed E-state index contributed by atoms with van der Waals surface area (Å²) in [4.78, 5) is 1.64. The average Bonchev–Trinajstić information content (AvgIpc) is 2.36. The molecule has 2 heterocycles. The molecule has 17 heavy (non-hydrogen) atoms. The van der Waals surface area contributed by atoms with Gasteiger partial charge in [-0.2, -0.15) is 0 Å². The molecule has 2 nitrogen and oxygen atoms in total. The Bertz CT molecular complexity index is 299. The van der Waals surface area contributed by atoms with Gasteiger partial charge in [-0.1, -0.05) is 0 Å². The summed E-state index contributed by atoms with van der Waals surface area (Å²) < 4.78 is 6.48. The maximum Gasteiger partial charge on any atom is 0.0949 e. The molecule has 2 heteroatoms. The number of hydrogen-bond donors (Lipinski definition) is 1. The van der Waals surface area contributed by atoms with E-state index < -0.39 is 0 Å². The van der Waals surface area contributed by atoms with E-state index in [1.807, 2.05) is 0 Å². The van der Waals surface area contributed by atoms with E-state index in [0.717, 1.165) is 0 Å². The minimum Gasteiger partial charge on any atom is -0.369 e. The number of quaternary nitrogens is 1. The summed E-state index contributed by atoms with van der Waals surface area (Å²) in [5.74, 6) is 0. The first-order valence-electron chi connectivity index (χ1n) is 7.03. The molecule has 2 fully saturated rings. The van der Waals surface area contributed by atoms with Crippen LogP contribution in [0.15, 0.2) is 0 Å². The lowest BCUT2D eigenvalue weighted by Gasteiger charge is -2.54. The van der Waals surface area contributed by atoms with Crippen LogP contribution in [0.4, 0.5) is 0 Å². The molecular weight excluding hydrogens is 210 g/mol. The first kappa shape index (κ1) is 13.4. The van der Waals surface area contributed by atoms with Crippen LogP contribution >= 0.6 is 0 Å². The Labute approximate surface area is 107 Å². The fourth-order valence-corrected chi connectivity index (χ4v) is 4.32. The molecule has 2 rings (SSSR count). The summed E-state index contributed by atoms with van der Waals surface area (Å²) in [5, 5.41) is 0. The Hall–Kier alpha value is -0.0800. The zero-order valence-corrected chi connectivity index (χ0v) is 12.7. The van der Waals surface area contributed by atoms with Crippen LogP contribution in [-0.4, -0.2) is 29.3 Å². The van der Waals surface area contributed by atoms with Crippen molar-refractivity contribution >= 4 is 0 Å². The minimum absolute atomic E-state index is 0.0808. The fraction of sp³-hybridized carbons (Fsp3) is 1.00. The second-order valence-electron chi connectivity index (χ2n) is 8.29. The Morgan fingerprint density at radius 3 is 1.65 bits per heavy atom. The third kappa shape index (κ3) is 2.26. The van der Waals surface area contributed by atoms with Gasteiger partial charge in [0.15, 0.2) is 0 Å². The molecule has 0 aromatic rings. The van der Waals surface area contributed by atoms with Gasteiger partial charge in [0.1, 0.15) is 0 Å². The van der Waals surface area contributed by atoms with Crippen LogP contribution < -0.4 is 4.90 Å². The van der Waals surface area contributed by atoms with Crippen molar-refractivity contribution in [1.82, 2.24) is 0 Å². The highest BCUT2D eigenvalue weighted by Crippen LogP contribution is 2.47. The van der Waals surface area contributed by atoms with Gasteiger partial charge < -0.3 is 9.64 Å². The van der Waals surface area contributed by atoms with E-state index in [0.29, 0.717) is 11.1 Å². The van der Waals surface area contributed by atoms with Crippen molar-refractivity contribution in [2.45, 2.75) is 89.5 Å². The van der Waals surface area contributed by atoms with Gasteiger partial charge in [-0.25, -0.2) is 0 Å². The molecule has 0 atom stereocenters. The third-order valence-electron chi connectivity index (χ3n) is 5.23. The molecule has 100 valence electrons. The van der Waals surface area contributed by atoms with E-state index in [1.54, 1.807) is 4.90 Å². The summed E-state index contributed by atoms with van der Waals surface area (Å²) in [5.41, 5.74) is 0.831. The molecule has 1 N–H and O–H groups in total. The van der Waals surface area contributed by atoms with Crippen LogP contribution in [0, 0.1) is 0 Å². The number of piperidine rings is 1. The zero-order valence-electron chi connectivity index (χ0n) is 12.7. The highest BCUT2D eigenvalue weighted by molar-refractivity contribution is 5.02. The lowest BCUT2D eigenvalue weighted by Crippen LogP contribution is -3.25. The van der Waals surface area contributed by atoms with Crippen molar-refractivity contribution in [3.8, 4) is 0 Å².